The van der Waals surface area contributed by atoms with Crippen molar-refractivity contribution in [1.82, 2.24) is 15.5 Å². The molecule has 1 aliphatic heterocycles. The molecule has 1 aromatic rings. The Balaban J connectivity index is 2.29. The maximum Gasteiger partial charge on any atom is 0.410 e. The summed E-state index contributed by atoms with van der Waals surface area (Å²) >= 11 is 0. The molecule has 0 aliphatic carbocycles. The van der Waals surface area contributed by atoms with Gasteiger partial charge in [-0.25, -0.2) is 9.59 Å². The number of rotatable bonds is 10. The standard InChI is InChI=1S/C27H40N4O7/c1-17(2)15-19(22(33)29-20(23(34)35)16-21(28)32)30-24(36)27(18-9-7-6-8-10-18)11-13-31(14-12-27)25(37)38-26(3,4)5/h6-10,17,19-20H,11-16H2,1-5H3,(H2,28,32)(H,29,33)(H,30,36)(H,34,35). The van der Waals surface area contributed by atoms with Crippen LogP contribution in [0.2, 0.25) is 0 Å². The molecule has 4 amide bonds. The summed E-state index contributed by atoms with van der Waals surface area (Å²) in [4.78, 5) is 64.0. The first-order valence-electron chi connectivity index (χ1n) is 12.8. The lowest BCUT2D eigenvalue weighted by molar-refractivity contribution is -0.144. The second-order valence-corrected chi connectivity index (χ2v) is 11.1. The van der Waals surface area contributed by atoms with Crippen molar-refractivity contribution in [1.29, 1.82) is 0 Å². The predicted molar refractivity (Wildman–Crippen MR) is 140 cm³/mol. The van der Waals surface area contributed by atoms with Gasteiger partial charge in [-0.05, 0) is 51.5 Å². The first kappa shape index (κ1) is 30.6. The van der Waals surface area contributed by atoms with Crippen LogP contribution in [0.3, 0.4) is 0 Å². The monoisotopic (exact) mass is 532 g/mol. The molecule has 0 radical (unpaired) electrons. The van der Waals surface area contributed by atoms with Gasteiger partial charge in [0.05, 0.1) is 11.8 Å². The maximum absolute atomic E-state index is 13.9. The van der Waals surface area contributed by atoms with Crippen molar-refractivity contribution >= 4 is 29.8 Å². The third-order valence-electron chi connectivity index (χ3n) is 6.38. The largest absolute Gasteiger partial charge is 0.480 e. The first-order chi connectivity index (χ1) is 17.6. The molecule has 1 aliphatic rings. The van der Waals surface area contributed by atoms with E-state index in [9.17, 15) is 29.1 Å². The molecule has 11 nitrogen and oxygen atoms in total. The summed E-state index contributed by atoms with van der Waals surface area (Å²) in [5.41, 5.74) is 4.21. The van der Waals surface area contributed by atoms with E-state index in [4.69, 9.17) is 10.5 Å². The quantitative estimate of drug-likeness (QED) is 0.357. The minimum atomic E-state index is -1.51. The predicted octanol–water partition coefficient (Wildman–Crippen LogP) is 1.93. The third kappa shape index (κ3) is 8.46. The fraction of sp³-hybridized carbons (Fsp3) is 0.593. The molecule has 210 valence electrons. The van der Waals surface area contributed by atoms with Crippen LogP contribution in [0.4, 0.5) is 4.79 Å². The fourth-order valence-corrected chi connectivity index (χ4v) is 4.47. The lowest BCUT2D eigenvalue weighted by Gasteiger charge is -2.42. The molecule has 38 heavy (non-hydrogen) atoms. The van der Waals surface area contributed by atoms with E-state index in [1.807, 2.05) is 44.2 Å². The topological polar surface area (TPSA) is 168 Å². The number of amides is 4. The Bertz CT molecular complexity index is 1010. The van der Waals surface area contributed by atoms with Gasteiger partial charge in [-0.15, -0.1) is 0 Å². The Morgan fingerprint density at radius 2 is 1.61 bits per heavy atom. The van der Waals surface area contributed by atoms with E-state index >= 15 is 0 Å². The number of benzene rings is 1. The molecule has 11 heteroatoms. The van der Waals surface area contributed by atoms with Crippen LogP contribution >= 0.6 is 0 Å². The summed E-state index contributed by atoms with van der Waals surface area (Å²) in [5.74, 6) is -3.39. The molecular formula is C27H40N4O7. The molecule has 0 saturated carbocycles. The highest BCUT2D eigenvalue weighted by molar-refractivity contribution is 5.95. The molecule has 5 N–H and O–H groups in total. The van der Waals surface area contributed by atoms with Gasteiger partial charge < -0.3 is 31.1 Å². The van der Waals surface area contributed by atoms with Gasteiger partial charge in [0.1, 0.15) is 17.7 Å². The number of likely N-dealkylation sites (tertiary alicyclic amines) is 1. The number of nitrogens with zero attached hydrogens (tertiary/aromatic N) is 1. The fourth-order valence-electron chi connectivity index (χ4n) is 4.47. The molecule has 2 unspecified atom stereocenters. The first-order valence-corrected chi connectivity index (χ1v) is 12.8. The van der Waals surface area contributed by atoms with Gasteiger partial charge in [-0.3, -0.25) is 14.4 Å². The molecule has 1 saturated heterocycles. The minimum absolute atomic E-state index is 0.00726. The summed E-state index contributed by atoms with van der Waals surface area (Å²) in [7, 11) is 0. The van der Waals surface area contributed by atoms with Crippen LogP contribution in [0.1, 0.15) is 65.9 Å². The van der Waals surface area contributed by atoms with Crippen molar-refractivity contribution in [2.75, 3.05) is 13.1 Å². The summed E-state index contributed by atoms with van der Waals surface area (Å²) in [6.07, 6.45) is -0.173. The number of hydrogen-bond acceptors (Lipinski definition) is 6. The van der Waals surface area contributed by atoms with Crippen LogP contribution in [0.5, 0.6) is 0 Å². The van der Waals surface area contributed by atoms with Crippen LogP contribution in [0.15, 0.2) is 30.3 Å². The van der Waals surface area contributed by atoms with Crippen LogP contribution in [0, 0.1) is 5.92 Å². The second-order valence-electron chi connectivity index (χ2n) is 11.1. The average Bonchev–Trinajstić information content (AvgIpc) is 2.82. The van der Waals surface area contributed by atoms with Gasteiger partial charge in [0.2, 0.25) is 17.7 Å². The SMILES string of the molecule is CC(C)CC(NC(=O)C1(c2ccccc2)CCN(C(=O)OC(C)(C)C)CC1)C(=O)NC(CC(N)=O)C(=O)O. The highest BCUT2D eigenvalue weighted by Crippen LogP contribution is 2.36. The smallest absolute Gasteiger partial charge is 0.410 e. The Kier molecular flexibility index (Phi) is 10.3. The zero-order chi connectivity index (χ0) is 28.7. The zero-order valence-electron chi connectivity index (χ0n) is 22.8. The summed E-state index contributed by atoms with van der Waals surface area (Å²) in [5, 5.41) is 14.6. The highest BCUT2D eigenvalue weighted by Gasteiger charge is 2.45. The van der Waals surface area contributed by atoms with Crippen molar-refractivity contribution in [2.24, 2.45) is 11.7 Å². The van der Waals surface area contributed by atoms with Crippen molar-refractivity contribution in [3.63, 3.8) is 0 Å². The van der Waals surface area contributed by atoms with Gasteiger partial charge >= 0.3 is 12.1 Å². The van der Waals surface area contributed by atoms with Gasteiger partial charge in [-0.2, -0.15) is 0 Å². The van der Waals surface area contributed by atoms with Gasteiger partial charge in [0.25, 0.3) is 0 Å². The van der Waals surface area contributed by atoms with E-state index in [2.05, 4.69) is 10.6 Å². The summed E-state index contributed by atoms with van der Waals surface area (Å²) in [6, 6.07) is 6.62. The molecule has 0 spiro atoms. The number of carboxylic acid groups (broad SMARTS) is 1. The molecule has 0 aromatic heterocycles. The Hall–Kier alpha value is -3.63. The van der Waals surface area contributed by atoms with Crippen molar-refractivity contribution in [2.45, 2.75) is 83.4 Å². The van der Waals surface area contributed by atoms with Gasteiger partial charge in [-0.1, -0.05) is 44.2 Å². The molecule has 2 rings (SSSR count). The Labute approximate surface area is 223 Å². The lowest BCUT2D eigenvalue weighted by atomic mass is 9.71. The molecule has 0 bridgehead atoms. The van der Waals surface area contributed by atoms with E-state index < -0.39 is 59.3 Å². The number of piperidine rings is 1. The van der Waals surface area contributed by atoms with E-state index in [1.165, 1.54) is 0 Å². The van der Waals surface area contributed by atoms with Crippen molar-refractivity contribution in [3.8, 4) is 0 Å². The molecule has 1 fully saturated rings. The number of aliphatic carboxylic acids is 1. The number of ether oxygens (including phenoxy) is 1. The normalized spacial score (nSPS) is 16.7. The van der Waals surface area contributed by atoms with E-state index in [0.717, 1.165) is 5.56 Å². The number of nitrogens with two attached hydrogens (primary N) is 1. The second kappa shape index (κ2) is 12.7. The number of primary amides is 1. The highest BCUT2D eigenvalue weighted by atomic mass is 16.6. The van der Waals surface area contributed by atoms with Crippen LogP contribution < -0.4 is 16.4 Å². The number of carboxylic acids is 1. The molecule has 2 atom stereocenters. The lowest BCUT2D eigenvalue weighted by Crippen LogP contribution is -2.58. The third-order valence-corrected chi connectivity index (χ3v) is 6.38. The molecular weight excluding hydrogens is 492 g/mol. The Morgan fingerprint density at radius 1 is 1.03 bits per heavy atom. The average molecular weight is 533 g/mol. The number of carbonyl (C=O) groups is 5. The van der Waals surface area contributed by atoms with E-state index in [1.54, 1.807) is 25.7 Å². The van der Waals surface area contributed by atoms with Gasteiger partial charge in [0, 0.05) is 13.1 Å². The minimum Gasteiger partial charge on any atom is -0.480 e. The number of nitrogens with one attached hydrogen (secondary N) is 2. The van der Waals surface area contributed by atoms with Gasteiger partial charge in [0.15, 0.2) is 0 Å². The molecule has 1 aromatic carbocycles. The summed E-state index contributed by atoms with van der Waals surface area (Å²) in [6.45, 7) is 9.65. The Morgan fingerprint density at radius 3 is 2.08 bits per heavy atom. The number of carbonyl (C=O) groups excluding carboxylic acids is 4. The maximum atomic E-state index is 13.9. The van der Waals surface area contributed by atoms with Crippen LogP contribution in [-0.2, 0) is 29.3 Å². The van der Waals surface area contributed by atoms with Crippen molar-refractivity contribution in [3.05, 3.63) is 35.9 Å². The van der Waals surface area contributed by atoms with E-state index in [0.29, 0.717) is 12.8 Å². The van der Waals surface area contributed by atoms with Crippen molar-refractivity contribution < 1.29 is 33.8 Å². The summed E-state index contributed by atoms with van der Waals surface area (Å²) < 4.78 is 5.49. The molecule has 1 heterocycles. The van der Waals surface area contributed by atoms with Crippen LogP contribution in [0.25, 0.3) is 0 Å². The zero-order valence-corrected chi connectivity index (χ0v) is 22.8. The number of hydrogen-bond donors (Lipinski definition) is 4. The van der Waals surface area contributed by atoms with Crippen LogP contribution in [-0.4, -0.2) is 70.6 Å². The van der Waals surface area contributed by atoms with E-state index in [-0.39, 0.29) is 25.4 Å².